The summed E-state index contributed by atoms with van der Waals surface area (Å²) in [4.78, 5) is 15.6. The van der Waals surface area contributed by atoms with Crippen molar-refractivity contribution in [2.45, 2.75) is 58.5 Å². The summed E-state index contributed by atoms with van der Waals surface area (Å²) in [6, 6.07) is 6.20. The number of esters is 1. The molecule has 0 bridgehead atoms. The second-order valence-electron chi connectivity index (χ2n) is 7.77. The Balaban J connectivity index is 1.83. The van der Waals surface area contributed by atoms with Crippen LogP contribution in [0.4, 0.5) is 0 Å². The topological polar surface area (TPSA) is 42.1 Å². The van der Waals surface area contributed by atoms with Gasteiger partial charge in [0.05, 0.1) is 5.56 Å². The molecular formula is C21H27NO2. The smallest absolute Gasteiger partial charge is 0.340 e. The molecule has 128 valence electrons. The van der Waals surface area contributed by atoms with Crippen molar-refractivity contribution in [2.24, 2.45) is 5.92 Å². The summed E-state index contributed by atoms with van der Waals surface area (Å²) in [5.74, 6) is 0.424. The first kappa shape index (κ1) is 16.8. The maximum absolute atomic E-state index is 12.4. The zero-order chi connectivity index (χ0) is 17.2. The maximum Gasteiger partial charge on any atom is 0.340 e. The third-order valence-electron chi connectivity index (χ3n) is 4.54. The average molecular weight is 325 g/mol. The lowest BCUT2D eigenvalue weighted by Crippen LogP contribution is -2.23. The van der Waals surface area contributed by atoms with Crippen LogP contribution >= 0.6 is 0 Å². The number of ether oxygens (including phenoxy) is 1. The molecule has 0 amide bonds. The lowest BCUT2D eigenvalue weighted by Gasteiger charge is -2.19. The zero-order valence-electron chi connectivity index (χ0n) is 14.9. The number of fused-ring (bicyclic) bond motifs is 1. The van der Waals surface area contributed by atoms with E-state index in [9.17, 15) is 4.79 Å². The standard InChI is InChI=1S/C21H27NO2/c1-21(2,3)24-20(23)18-14-22-19-12-11-16(13-17(18)19)10-9-15-7-5-4-6-8-15/h9-15,22H,4-8H2,1-3H3. The third kappa shape index (κ3) is 4.08. The summed E-state index contributed by atoms with van der Waals surface area (Å²) in [5, 5.41) is 0.926. The number of aromatic amines is 1. The predicted molar refractivity (Wildman–Crippen MR) is 99.1 cm³/mol. The van der Waals surface area contributed by atoms with Crippen molar-refractivity contribution in [3.05, 3.63) is 41.6 Å². The average Bonchev–Trinajstić information content (AvgIpc) is 2.95. The molecule has 3 heteroatoms. The van der Waals surface area contributed by atoms with E-state index in [-0.39, 0.29) is 5.97 Å². The Labute approximate surface area is 144 Å². The lowest BCUT2D eigenvalue weighted by atomic mass is 9.89. The Bertz CT molecular complexity index is 743. The van der Waals surface area contributed by atoms with Crippen LogP contribution in [0.5, 0.6) is 0 Å². The van der Waals surface area contributed by atoms with E-state index in [2.05, 4.69) is 29.3 Å². The number of nitrogens with one attached hydrogen (secondary N) is 1. The summed E-state index contributed by atoms with van der Waals surface area (Å²) in [6.45, 7) is 5.66. The molecule has 24 heavy (non-hydrogen) atoms. The predicted octanol–water partition coefficient (Wildman–Crippen LogP) is 5.72. The molecule has 1 saturated carbocycles. The van der Waals surface area contributed by atoms with Gasteiger partial charge in [-0.25, -0.2) is 4.79 Å². The second-order valence-corrected chi connectivity index (χ2v) is 7.77. The van der Waals surface area contributed by atoms with E-state index in [0.29, 0.717) is 11.5 Å². The van der Waals surface area contributed by atoms with Crippen LogP contribution in [-0.2, 0) is 4.74 Å². The number of benzene rings is 1. The number of allylic oxidation sites excluding steroid dienone is 1. The van der Waals surface area contributed by atoms with Crippen molar-refractivity contribution in [1.29, 1.82) is 0 Å². The first-order chi connectivity index (χ1) is 11.4. The van der Waals surface area contributed by atoms with Crippen LogP contribution in [0.25, 0.3) is 17.0 Å². The Kier molecular flexibility index (Phi) is 4.79. The van der Waals surface area contributed by atoms with Crippen LogP contribution in [0, 0.1) is 5.92 Å². The van der Waals surface area contributed by atoms with Crippen molar-refractivity contribution in [2.75, 3.05) is 0 Å². The second kappa shape index (κ2) is 6.84. The van der Waals surface area contributed by atoms with Crippen LogP contribution in [-0.4, -0.2) is 16.6 Å². The number of H-pyrrole nitrogens is 1. The highest BCUT2D eigenvalue weighted by molar-refractivity contribution is 6.04. The Morgan fingerprint density at radius 1 is 1.21 bits per heavy atom. The van der Waals surface area contributed by atoms with Crippen LogP contribution in [0.3, 0.4) is 0 Å². The molecule has 1 aliphatic carbocycles. The molecule has 3 nitrogen and oxygen atoms in total. The molecule has 0 saturated heterocycles. The molecule has 0 spiro atoms. The van der Waals surface area contributed by atoms with Crippen LogP contribution < -0.4 is 0 Å². The van der Waals surface area contributed by atoms with E-state index in [4.69, 9.17) is 4.74 Å². The molecule has 0 radical (unpaired) electrons. The number of carbonyl (C=O) groups is 1. The highest BCUT2D eigenvalue weighted by Crippen LogP contribution is 2.27. The van der Waals surface area contributed by atoms with Gasteiger partial charge in [0.25, 0.3) is 0 Å². The summed E-state index contributed by atoms with van der Waals surface area (Å²) in [6.07, 6.45) is 12.9. The van der Waals surface area contributed by atoms with Gasteiger partial charge in [-0.1, -0.05) is 37.5 Å². The Morgan fingerprint density at radius 3 is 2.67 bits per heavy atom. The van der Waals surface area contributed by atoms with Crippen molar-refractivity contribution in [1.82, 2.24) is 4.98 Å². The SMILES string of the molecule is CC(C)(C)OC(=O)c1c[nH]c2ccc(C=CC3CCCCC3)cc12. The van der Waals surface area contributed by atoms with Crippen molar-refractivity contribution < 1.29 is 9.53 Å². The van der Waals surface area contributed by atoms with Gasteiger partial charge in [-0.05, 0) is 57.2 Å². The largest absolute Gasteiger partial charge is 0.456 e. The van der Waals surface area contributed by atoms with Gasteiger partial charge in [0.2, 0.25) is 0 Å². The van der Waals surface area contributed by atoms with E-state index >= 15 is 0 Å². The summed E-state index contributed by atoms with van der Waals surface area (Å²) in [7, 11) is 0. The zero-order valence-corrected chi connectivity index (χ0v) is 14.9. The normalized spacial score (nSPS) is 16.8. The minimum absolute atomic E-state index is 0.276. The van der Waals surface area contributed by atoms with Crippen LogP contribution in [0.15, 0.2) is 30.5 Å². The fourth-order valence-corrected chi connectivity index (χ4v) is 3.32. The molecule has 0 aliphatic heterocycles. The van der Waals surface area contributed by atoms with Gasteiger partial charge in [0.1, 0.15) is 5.60 Å². The molecule has 0 unspecified atom stereocenters. The number of aromatic nitrogens is 1. The molecule has 3 rings (SSSR count). The Hall–Kier alpha value is -2.03. The molecule has 1 heterocycles. The highest BCUT2D eigenvalue weighted by Gasteiger charge is 2.20. The number of carbonyl (C=O) groups excluding carboxylic acids is 1. The number of hydrogen-bond donors (Lipinski definition) is 1. The summed E-state index contributed by atoms with van der Waals surface area (Å²) in [5.41, 5.74) is 2.22. The molecule has 1 N–H and O–H groups in total. The van der Waals surface area contributed by atoms with Crippen molar-refractivity contribution in [3.63, 3.8) is 0 Å². The minimum atomic E-state index is -0.487. The number of rotatable bonds is 3. The minimum Gasteiger partial charge on any atom is -0.456 e. The van der Waals surface area contributed by atoms with Crippen molar-refractivity contribution in [3.8, 4) is 0 Å². The van der Waals surface area contributed by atoms with E-state index in [1.54, 1.807) is 6.20 Å². The molecular weight excluding hydrogens is 298 g/mol. The van der Waals surface area contributed by atoms with Gasteiger partial charge < -0.3 is 9.72 Å². The van der Waals surface area contributed by atoms with Gasteiger partial charge in [-0.2, -0.15) is 0 Å². The van der Waals surface area contributed by atoms with E-state index < -0.39 is 5.60 Å². The lowest BCUT2D eigenvalue weighted by molar-refractivity contribution is 0.00719. The quantitative estimate of drug-likeness (QED) is 0.734. The monoisotopic (exact) mass is 325 g/mol. The molecule has 2 aromatic rings. The molecule has 1 aromatic heterocycles. The first-order valence-electron chi connectivity index (χ1n) is 8.95. The van der Waals surface area contributed by atoms with Crippen LogP contribution in [0.2, 0.25) is 0 Å². The summed E-state index contributed by atoms with van der Waals surface area (Å²) >= 11 is 0. The molecule has 1 fully saturated rings. The maximum atomic E-state index is 12.4. The van der Waals surface area contributed by atoms with Gasteiger partial charge in [-0.3, -0.25) is 0 Å². The van der Waals surface area contributed by atoms with Crippen LogP contribution in [0.1, 0.15) is 68.8 Å². The van der Waals surface area contributed by atoms with Gasteiger partial charge in [0.15, 0.2) is 0 Å². The first-order valence-corrected chi connectivity index (χ1v) is 8.95. The summed E-state index contributed by atoms with van der Waals surface area (Å²) < 4.78 is 5.51. The van der Waals surface area contributed by atoms with Gasteiger partial charge in [0, 0.05) is 17.1 Å². The van der Waals surface area contributed by atoms with E-state index in [1.807, 2.05) is 26.8 Å². The van der Waals surface area contributed by atoms with Gasteiger partial charge in [-0.15, -0.1) is 0 Å². The fourth-order valence-electron chi connectivity index (χ4n) is 3.32. The molecule has 0 atom stereocenters. The van der Waals surface area contributed by atoms with Gasteiger partial charge >= 0.3 is 5.97 Å². The van der Waals surface area contributed by atoms with E-state index in [1.165, 1.54) is 32.1 Å². The van der Waals surface area contributed by atoms with E-state index in [0.717, 1.165) is 16.5 Å². The third-order valence-corrected chi connectivity index (χ3v) is 4.54. The highest BCUT2D eigenvalue weighted by atomic mass is 16.6. The molecule has 1 aromatic carbocycles. The molecule has 1 aliphatic rings. The number of hydrogen-bond acceptors (Lipinski definition) is 2. The fraction of sp³-hybridized carbons (Fsp3) is 0.476. The van der Waals surface area contributed by atoms with Crippen molar-refractivity contribution >= 4 is 22.9 Å². The Morgan fingerprint density at radius 2 is 1.96 bits per heavy atom.